The fraction of sp³-hybridized carbons (Fsp3) is 0.200. The third-order valence-electron chi connectivity index (χ3n) is 12.0. The first kappa shape index (κ1) is 34.4. The van der Waals surface area contributed by atoms with Crippen LogP contribution in [0.1, 0.15) is 79.0 Å². The minimum Gasteiger partial charge on any atom is -0.496 e. The zero-order valence-electron chi connectivity index (χ0n) is 45.0. The van der Waals surface area contributed by atoms with E-state index in [-0.39, 0.29) is 16.4 Å². The van der Waals surface area contributed by atoms with Gasteiger partial charge in [0.15, 0.2) is 0 Å². The molecule has 0 aliphatic carbocycles. The molecule has 0 radical (unpaired) electrons. The first-order valence-electron chi connectivity index (χ1n) is 25.3. The van der Waals surface area contributed by atoms with Gasteiger partial charge in [0.2, 0.25) is 0 Å². The van der Waals surface area contributed by atoms with Crippen LogP contribution in [0.3, 0.4) is 0 Å². The summed E-state index contributed by atoms with van der Waals surface area (Å²) in [5.41, 5.74) is 14.6. The van der Waals surface area contributed by atoms with Gasteiger partial charge in [-0.05, 0) is 136 Å². The van der Waals surface area contributed by atoms with Gasteiger partial charge in [-0.25, -0.2) is 4.98 Å². The third-order valence-corrected chi connectivity index (χ3v) is 12.0. The van der Waals surface area contributed by atoms with Crippen LogP contribution >= 0.6 is 0 Å². The zero-order chi connectivity index (χ0) is 50.9. The summed E-state index contributed by atoms with van der Waals surface area (Å²) in [6.45, 7) is 14.6. The molecular formula is C60H57N3O. The molecule has 0 aliphatic heterocycles. The second-order valence-electron chi connectivity index (χ2n) is 18.7. The number of fused-ring (bicyclic) bond motifs is 1. The highest BCUT2D eigenvalue weighted by molar-refractivity contribution is 5.98. The molecule has 2 aromatic heterocycles. The average molecular weight is 843 g/mol. The lowest BCUT2D eigenvalue weighted by atomic mass is 9.79. The van der Waals surface area contributed by atoms with Crippen LogP contribution in [0, 0.1) is 20.7 Å². The van der Waals surface area contributed by atoms with Crippen molar-refractivity contribution in [1.29, 1.82) is 0 Å². The number of aryl methyl sites for hydroxylation is 2. The Labute approximate surface area is 389 Å². The molecule has 0 amide bonds. The lowest BCUT2D eigenvalue weighted by Crippen LogP contribution is -2.14. The number of hydrogen-bond acceptors (Lipinski definition) is 3. The Bertz CT molecular complexity index is 3500. The van der Waals surface area contributed by atoms with Crippen LogP contribution < -0.4 is 4.74 Å². The number of hydrogen-bond donors (Lipinski definition) is 0. The van der Waals surface area contributed by atoms with Gasteiger partial charge in [0.25, 0.3) is 0 Å². The summed E-state index contributed by atoms with van der Waals surface area (Å²) in [4.78, 5) is 10.5. The minimum atomic E-state index is -2.82. The van der Waals surface area contributed by atoms with E-state index in [1.54, 1.807) is 25.4 Å². The Balaban J connectivity index is 1.35. The van der Waals surface area contributed by atoms with Crippen molar-refractivity contribution in [3.63, 3.8) is 0 Å². The fourth-order valence-electron chi connectivity index (χ4n) is 8.81. The van der Waals surface area contributed by atoms with Crippen molar-refractivity contribution in [2.24, 2.45) is 0 Å². The molecule has 0 unspecified atom stereocenters. The summed E-state index contributed by atoms with van der Waals surface area (Å²) in [6, 6.07) is 44.1. The Morgan fingerprint density at radius 2 is 1.25 bits per heavy atom. The van der Waals surface area contributed by atoms with Crippen molar-refractivity contribution in [2.45, 2.75) is 73.1 Å². The van der Waals surface area contributed by atoms with E-state index in [1.807, 2.05) is 12.1 Å². The maximum absolute atomic E-state index is 8.88. The van der Waals surface area contributed by atoms with Crippen molar-refractivity contribution in [2.75, 3.05) is 7.11 Å². The number of benzene rings is 7. The lowest BCUT2D eigenvalue weighted by molar-refractivity contribution is 0.413. The van der Waals surface area contributed by atoms with Gasteiger partial charge in [0.1, 0.15) is 11.6 Å². The second-order valence-corrected chi connectivity index (χ2v) is 18.7. The normalized spacial score (nSPS) is 13.7. The molecule has 0 N–H and O–H groups in total. The fourth-order valence-corrected chi connectivity index (χ4v) is 8.81. The Hall–Kier alpha value is -7.04. The largest absolute Gasteiger partial charge is 0.496 e. The van der Waals surface area contributed by atoms with Crippen LogP contribution in [0.5, 0.6) is 5.75 Å². The van der Waals surface area contributed by atoms with Crippen molar-refractivity contribution in [1.82, 2.24) is 14.5 Å². The van der Waals surface area contributed by atoms with Crippen LogP contribution in [-0.4, -0.2) is 21.6 Å². The summed E-state index contributed by atoms with van der Waals surface area (Å²) in [5.74, 6) is 1.46. The van der Waals surface area contributed by atoms with Crippen LogP contribution in [-0.2, 0) is 10.8 Å². The van der Waals surface area contributed by atoms with Gasteiger partial charge in [0, 0.05) is 27.0 Å². The zero-order valence-corrected chi connectivity index (χ0v) is 38.0. The van der Waals surface area contributed by atoms with Gasteiger partial charge in [-0.15, -0.1) is 0 Å². The molecule has 0 saturated heterocycles. The molecule has 0 aliphatic rings. The van der Waals surface area contributed by atoms with E-state index >= 15 is 0 Å². The highest BCUT2D eigenvalue weighted by Crippen LogP contribution is 2.46. The number of nitrogens with zero attached hydrogens (tertiary/aromatic N) is 3. The van der Waals surface area contributed by atoms with Gasteiger partial charge in [-0.2, -0.15) is 0 Å². The van der Waals surface area contributed by atoms with Gasteiger partial charge < -0.3 is 4.74 Å². The van der Waals surface area contributed by atoms with Crippen LogP contribution in [0.15, 0.2) is 164 Å². The molecule has 64 heavy (non-hydrogen) atoms. The lowest BCUT2D eigenvalue weighted by Gasteiger charge is -2.27. The first-order chi connectivity index (χ1) is 33.6. The van der Waals surface area contributed by atoms with E-state index in [4.69, 9.17) is 24.3 Å². The molecule has 318 valence electrons. The topological polar surface area (TPSA) is 39.9 Å². The quantitative estimate of drug-likeness (QED) is 0.153. The summed E-state index contributed by atoms with van der Waals surface area (Å²) in [7, 11) is 1.71. The summed E-state index contributed by atoms with van der Waals surface area (Å²) < 4.78 is 67.3. The summed E-state index contributed by atoms with van der Waals surface area (Å²) >= 11 is 0. The molecule has 4 nitrogen and oxygen atoms in total. The van der Waals surface area contributed by atoms with Gasteiger partial charge in [0.05, 0.1) is 40.6 Å². The van der Waals surface area contributed by atoms with Crippen molar-refractivity contribution < 1.29 is 14.3 Å². The highest BCUT2D eigenvalue weighted by atomic mass is 16.5. The number of methoxy groups -OCH3 is 1. The standard InChI is InChI=1S/C60H57N3O/c1-38-24-26-41(27-25-38)44-28-29-61-53(35-44)46-32-45(33-47(34-46)59(4,5)6)48-22-17-23-54-56(48)62-58(51-31-39(2)30-40(3)57(51)64-10)63(54)55-37-49(42-18-13-11-14-19-42)52(60(7,8)9)36-50(55)43-20-15-12-16-21-43/h11-37H,1-10H3/i1D3,24D,25D,26D,27D. The maximum Gasteiger partial charge on any atom is 0.149 e. The molecule has 7 aromatic carbocycles. The monoisotopic (exact) mass is 842 g/mol. The number of pyridine rings is 1. The van der Waals surface area contributed by atoms with E-state index in [9.17, 15) is 0 Å². The Morgan fingerprint density at radius 1 is 0.562 bits per heavy atom. The Morgan fingerprint density at radius 3 is 1.91 bits per heavy atom. The van der Waals surface area contributed by atoms with E-state index < -0.39 is 36.6 Å². The molecule has 4 heteroatoms. The van der Waals surface area contributed by atoms with E-state index in [0.29, 0.717) is 11.3 Å². The van der Waals surface area contributed by atoms with Crippen molar-refractivity contribution >= 4 is 11.0 Å². The molecule has 2 heterocycles. The van der Waals surface area contributed by atoms with Crippen LogP contribution in [0.2, 0.25) is 0 Å². The predicted octanol–water partition coefficient (Wildman–Crippen LogP) is 16.0. The molecule has 0 atom stereocenters. The summed E-state index contributed by atoms with van der Waals surface area (Å²) in [5, 5.41) is 0. The van der Waals surface area contributed by atoms with E-state index in [2.05, 4.69) is 169 Å². The number of para-hydroxylation sites is 1. The molecular weight excluding hydrogens is 779 g/mol. The molecule has 0 spiro atoms. The highest BCUT2D eigenvalue weighted by Gasteiger charge is 2.28. The average Bonchev–Trinajstić information content (AvgIpc) is 3.72. The van der Waals surface area contributed by atoms with E-state index in [0.717, 1.165) is 89.5 Å². The minimum absolute atomic E-state index is 0.00864. The van der Waals surface area contributed by atoms with Gasteiger partial charge >= 0.3 is 0 Å². The van der Waals surface area contributed by atoms with Crippen molar-refractivity contribution in [3.05, 3.63) is 192 Å². The molecule has 9 aromatic rings. The molecule has 0 bridgehead atoms. The van der Waals surface area contributed by atoms with Crippen LogP contribution in [0.4, 0.5) is 0 Å². The molecule has 9 rings (SSSR count). The number of rotatable bonds is 8. The Kier molecular flexibility index (Phi) is 8.93. The van der Waals surface area contributed by atoms with Crippen LogP contribution in [0.25, 0.3) is 83.9 Å². The second kappa shape index (κ2) is 16.6. The first-order valence-corrected chi connectivity index (χ1v) is 21.8. The third kappa shape index (κ3) is 8.05. The maximum atomic E-state index is 8.88. The van der Waals surface area contributed by atoms with Gasteiger partial charge in [-0.3, -0.25) is 9.55 Å². The predicted molar refractivity (Wildman–Crippen MR) is 270 cm³/mol. The smallest absolute Gasteiger partial charge is 0.149 e. The molecule has 0 fully saturated rings. The van der Waals surface area contributed by atoms with Gasteiger partial charge in [-0.1, -0.05) is 156 Å². The van der Waals surface area contributed by atoms with Crippen molar-refractivity contribution in [3.8, 4) is 78.6 Å². The SMILES string of the molecule is [2H]c1c([2H])c(C([2H])([2H])[2H])c([2H])c([2H])c1-c1ccnc(-c2cc(-c3cccc4c3nc(-c3cc(C)cc(C)c3OC)n4-c3cc(-c4ccccc4)c(C(C)(C)C)cc3-c3ccccc3)cc(C(C)(C)C)c2)c1. The number of aromatic nitrogens is 3. The number of ether oxygens (including phenoxy) is 1. The van der Waals surface area contributed by atoms with E-state index in [1.165, 1.54) is 5.56 Å². The molecule has 0 saturated carbocycles. The summed E-state index contributed by atoms with van der Waals surface area (Å²) in [6.07, 6.45) is 1.59. The number of imidazole rings is 1.